The predicted molar refractivity (Wildman–Crippen MR) is 73.2 cm³/mol. The topological polar surface area (TPSA) is 54.4 Å². The van der Waals surface area contributed by atoms with Gasteiger partial charge in [0.25, 0.3) is 0 Å². The summed E-state index contributed by atoms with van der Waals surface area (Å²) in [6.45, 7) is 1.52. The van der Waals surface area contributed by atoms with Crippen LogP contribution in [0.2, 0.25) is 0 Å². The van der Waals surface area contributed by atoms with Crippen LogP contribution < -0.4 is 0 Å². The summed E-state index contributed by atoms with van der Waals surface area (Å²) >= 11 is 0. The van der Waals surface area contributed by atoms with Crippen molar-refractivity contribution in [1.82, 2.24) is 0 Å². The molecule has 0 aliphatic rings. The van der Waals surface area contributed by atoms with E-state index in [1.807, 2.05) is 36.4 Å². The average Bonchev–Trinajstić information content (AvgIpc) is 2.35. The third-order valence-electron chi connectivity index (χ3n) is 3.24. The molecule has 2 aromatic rings. The molecule has 0 saturated carbocycles. The zero-order chi connectivity index (χ0) is 13.3. The highest BCUT2D eigenvalue weighted by molar-refractivity contribution is 7.91. The number of hydrogen-bond donors (Lipinski definition) is 1. The fourth-order valence-corrected chi connectivity index (χ4v) is 2.52. The van der Waals surface area contributed by atoms with Gasteiger partial charge in [0.1, 0.15) is 0 Å². The van der Waals surface area contributed by atoms with Gasteiger partial charge in [0.05, 0.1) is 11.4 Å². The molecule has 2 aromatic carbocycles. The van der Waals surface area contributed by atoms with Crippen molar-refractivity contribution in [2.75, 3.05) is 6.26 Å². The van der Waals surface area contributed by atoms with Crippen molar-refractivity contribution >= 4 is 20.6 Å². The van der Waals surface area contributed by atoms with Crippen LogP contribution in [-0.2, 0) is 9.84 Å². The van der Waals surface area contributed by atoms with Gasteiger partial charge in [0.15, 0.2) is 9.84 Å². The monoisotopic (exact) mass is 264 g/mol. The van der Waals surface area contributed by atoms with E-state index in [-0.39, 0.29) is 0 Å². The second-order valence-electron chi connectivity index (χ2n) is 4.59. The summed E-state index contributed by atoms with van der Waals surface area (Å²) in [7, 11) is -3.25. The third-order valence-corrected chi connectivity index (χ3v) is 4.84. The lowest BCUT2D eigenvalue weighted by molar-refractivity contribution is 0.176. The largest absolute Gasteiger partial charge is 0.387 e. The lowest BCUT2D eigenvalue weighted by Crippen LogP contribution is -2.24. The Bertz CT molecular complexity index is 662. The summed E-state index contributed by atoms with van der Waals surface area (Å²) in [6.07, 6.45) is 0.145. The minimum Gasteiger partial charge on any atom is -0.387 e. The zero-order valence-electron chi connectivity index (χ0n) is 10.4. The second-order valence-corrected chi connectivity index (χ2v) is 6.99. The van der Waals surface area contributed by atoms with Gasteiger partial charge in [-0.15, -0.1) is 0 Å². The molecule has 18 heavy (non-hydrogen) atoms. The number of hydrogen-bond acceptors (Lipinski definition) is 3. The third kappa shape index (κ3) is 2.54. The first-order valence-electron chi connectivity index (χ1n) is 5.75. The fraction of sp³-hybridized carbons (Fsp3) is 0.286. The standard InChI is InChI=1S/C14H16O3S/c1-10(18(2,16)17)14(15)13-8-7-11-5-3-4-6-12(11)9-13/h3-10,14-15H,1-2H3. The maximum Gasteiger partial charge on any atom is 0.152 e. The maximum atomic E-state index is 11.4. The quantitative estimate of drug-likeness (QED) is 0.925. The number of fused-ring (bicyclic) bond motifs is 1. The molecular weight excluding hydrogens is 248 g/mol. The number of aliphatic hydroxyl groups is 1. The highest BCUT2D eigenvalue weighted by atomic mass is 32.2. The van der Waals surface area contributed by atoms with Gasteiger partial charge in [0.2, 0.25) is 0 Å². The van der Waals surface area contributed by atoms with Crippen molar-refractivity contribution < 1.29 is 13.5 Å². The molecule has 4 heteroatoms. The van der Waals surface area contributed by atoms with Crippen molar-refractivity contribution in [2.24, 2.45) is 0 Å². The van der Waals surface area contributed by atoms with E-state index >= 15 is 0 Å². The molecule has 1 N–H and O–H groups in total. The van der Waals surface area contributed by atoms with Crippen LogP contribution >= 0.6 is 0 Å². The van der Waals surface area contributed by atoms with Crippen LogP contribution in [0.1, 0.15) is 18.6 Å². The molecule has 2 unspecified atom stereocenters. The normalized spacial score (nSPS) is 15.5. The van der Waals surface area contributed by atoms with Gasteiger partial charge in [-0.3, -0.25) is 0 Å². The van der Waals surface area contributed by atoms with Crippen molar-refractivity contribution in [3.05, 3.63) is 48.0 Å². The maximum absolute atomic E-state index is 11.4. The summed E-state index contributed by atoms with van der Waals surface area (Å²) in [5.41, 5.74) is 0.631. The van der Waals surface area contributed by atoms with E-state index in [1.54, 1.807) is 6.07 Å². The van der Waals surface area contributed by atoms with Crippen molar-refractivity contribution in [3.63, 3.8) is 0 Å². The van der Waals surface area contributed by atoms with Crippen LogP contribution in [0.4, 0.5) is 0 Å². The summed E-state index contributed by atoms with van der Waals surface area (Å²) in [5.74, 6) is 0. The molecule has 0 heterocycles. The number of aliphatic hydroxyl groups excluding tert-OH is 1. The Labute approximate surface area is 107 Å². The smallest absolute Gasteiger partial charge is 0.152 e. The van der Waals surface area contributed by atoms with Gasteiger partial charge in [-0.05, 0) is 29.3 Å². The average molecular weight is 264 g/mol. The molecule has 2 rings (SSSR count). The number of sulfone groups is 1. The summed E-state index contributed by atoms with van der Waals surface area (Å²) in [5, 5.41) is 11.4. The molecule has 0 saturated heterocycles. The molecule has 0 aromatic heterocycles. The van der Waals surface area contributed by atoms with E-state index in [0.717, 1.165) is 17.0 Å². The SMILES string of the molecule is CC(C(O)c1ccc2ccccc2c1)S(C)(=O)=O. The van der Waals surface area contributed by atoms with Gasteiger partial charge in [-0.2, -0.15) is 0 Å². The molecule has 0 fully saturated rings. The van der Waals surface area contributed by atoms with Gasteiger partial charge in [0, 0.05) is 6.26 Å². The van der Waals surface area contributed by atoms with Crippen molar-refractivity contribution in [1.29, 1.82) is 0 Å². The Hall–Kier alpha value is -1.39. The Morgan fingerprint density at radius 2 is 1.67 bits per heavy atom. The first-order valence-corrected chi connectivity index (χ1v) is 7.70. The number of rotatable bonds is 3. The van der Waals surface area contributed by atoms with Gasteiger partial charge < -0.3 is 5.11 Å². The number of benzene rings is 2. The Balaban J connectivity index is 2.42. The first kappa shape index (κ1) is 13.1. The molecule has 0 aliphatic heterocycles. The molecule has 3 nitrogen and oxygen atoms in total. The van der Waals surface area contributed by atoms with E-state index in [0.29, 0.717) is 5.56 Å². The minimum absolute atomic E-state index is 0.631. The van der Waals surface area contributed by atoms with E-state index < -0.39 is 21.2 Å². The fourth-order valence-electron chi connectivity index (χ4n) is 1.90. The van der Waals surface area contributed by atoms with Crippen LogP contribution in [0.3, 0.4) is 0 Å². The summed E-state index contributed by atoms with van der Waals surface area (Å²) < 4.78 is 22.9. The van der Waals surface area contributed by atoms with E-state index in [9.17, 15) is 13.5 Å². The lowest BCUT2D eigenvalue weighted by atomic mass is 10.0. The first-order chi connectivity index (χ1) is 8.39. The van der Waals surface area contributed by atoms with Gasteiger partial charge in [-0.25, -0.2) is 8.42 Å². The van der Waals surface area contributed by atoms with Gasteiger partial charge >= 0.3 is 0 Å². The summed E-state index contributed by atoms with van der Waals surface area (Å²) in [6, 6.07) is 13.3. The summed E-state index contributed by atoms with van der Waals surface area (Å²) in [4.78, 5) is 0. The molecule has 2 atom stereocenters. The van der Waals surface area contributed by atoms with Crippen LogP contribution in [0, 0.1) is 0 Å². The van der Waals surface area contributed by atoms with Crippen LogP contribution in [-0.4, -0.2) is 25.0 Å². The van der Waals surface area contributed by atoms with Crippen LogP contribution in [0.15, 0.2) is 42.5 Å². The van der Waals surface area contributed by atoms with E-state index in [1.165, 1.54) is 6.92 Å². The highest BCUT2D eigenvalue weighted by Crippen LogP contribution is 2.25. The molecule has 0 aliphatic carbocycles. The molecule has 96 valence electrons. The molecule has 0 amide bonds. The molecule has 0 spiro atoms. The predicted octanol–water partition coefficient (Wildman–Crippen LogP) is 2.31. The van der Waals surface area contributed by atoms with Crippen molar-refractivity contribution in [3.8, 4) is 0 Å². The second kappa shape index (κ2) is 4.71. The Kier molecular flexibility index (Phi) is 3.41. The van der Waals surface area contributed by atoms with Crippen LogP contribution in [0.5, 0.6) is 0 Å². The molecule has 0 radical (unpaired) electrons. The van der Waals surface area contributed by atoms with Crippen molar-refractivity contribution in [2.45, 2.75) is 18.3 Å². The minimum atomic E-state index is -3.25. The Morgan fingerprint density at radius 1 is 1.06 bits per heavy atom. The van der Waals surface area contributed by atoms with Crippen LogP contribution in [0.25, 0.3) is 10.8 Å². The molecular formula is C14H16O3S. The lowest BCUT2D eigenvalue weighted by Gasteiger charge is -2.18. The van der Waals surface area contributed by atoms with Gasteiger partial charge in [-0.1, -0.05) is 36.4 Å². The highest BCUT2D eigenvalue weighted by Gasteiger charge is 2.25. The zero-order valence-corrected chi connectivity index (χ0v) is 11.2. The molecule has 0 bridgehead atoms. The Morgan fingerprint density at radius 3 is 2.28 bits per heavy atom. The van der Waals surface area contributed by atoms with E-state index in [4.69, 9.17) is 0 Å². The van der Waals surface area contributed by atoms with E-state index in [2.05, 4.69) is 0 Å².